The normalized spacial score (nSPS) is 17.0. The highest BCUT2D eigenvalue weighted by atomic mass is 35.5. The fourth-order valence-corrected chi connectivity index (χ4v) is 4.21. The van der Waals surface area contributed by atoms with Gasteiger partial charge >= 0.3 is 0 Å². The van der Waals surface area contributed by atoms with Crippen molar-refractivity contribution in [3.8, 4) is 0 Å². The summed E-state index contributed by atoms with van der Waals surface area (Å²) in [6.07, 6.45) is 7.21. The summed E-state index contributed by atoms with van der Waals surface area (Å²) in [6.45, 7) is 0.789. The van der Waals surface area contributed by atoms with Crippen molar-refractivity contribution in [2.75, 3.05) is 6.54 Å². The minimum absolute atomic E-state index is 0.202. The molecule has 1 saturated carbocycles. The van der Waals surface area contributed by atoms with Crippen LogP contribution in [0.4, 0.5) is 0 Å². The van der Waals surface area contributed by atoms with Gasteiger partial charge in [-0.15, -0.1) is 0 Å². The van der Waals surface area contributed by atoms with Crippen molar-refractivity contribution >= 4 is 21.6 Å². The van der Waals surface area contributed by atoms with Gasteiger partial charge in [0.15, 0.2) is 0 Å². The van der Waals surface area contributed by atoms with E-state index in [1.165, 1.54) is 38.2 Å². The molecule has 0 heterocycles. The van der Waals surface area contributed by atoms with Gasteiger partial charge in [0, 0.05) is 18.1 Å². The summed E-state index contributed by atoms with van der Waals surface area (Å²) in [5.41, 5.74) is 6.27. The van der Waals surface area contributed by atoms with E-state index in [0.717, 1.165) is 12.0 Å². The van der Waals surface area contributed by atoms with Crippen LogP contribution in [0.5, 0.6) is 0 Å². The predicted octanol–water partition coefficient (Wildman–Crippen LogP) is 3.05. The van der Waals surface area contributed by atoms with Gasteiger partial charge < -0.3 is 5.73 Å². The van der Waals surface area contributed by atoms with Crippen LogP contribution in [0.1, 0.15) is 44.1 Å². The van der Waals surface area contributed by atoms with Crippen molar-refractivity contribution in [2.45, 2.75) is 50.0 Å². The summed E-state index contributed by atoms with van der Waals surface area (Å²) in [5.74, 6) is 0.657. The summed E-state index contributed by atoms with van der Waals surface area (Å²) >= 11 is 6.02. The number of nitrogens with two attached hydrogens (primary N) is 1. The number of benzene rings is 1. The zero-order valence-electron chi connectivity index (χ0n) is 12.1. The van der Waals surface area contributed by atoms with Crippen molar-refractivity contribution in [3.63, 3.8) is 0 Å². The fourth-order valence-electron chi connectivity index (χ4n) is 2.82. The third-order valence-corrected chi connectivity index (χ3v) is 5.93. The van der Waals surface area contributed by atoms with E-state index in [9.17, 15) is 8.42 Å². The van der Waals surface area contributed by atoms with E-state index in [-0.39, 0.29) is 4.90 Å². The van der Waals surface area contributed by atoms with Crippen LogP contribution >= 0.6 is 11.6 Å². The second-order valence-electron chi connectivity index (χ2n) is 5.65. The molecule has 1 fully saturated rings. The van der Waals surface area contributed by atoms with Gasteiger partial charge in [0.25, 0.3) is 0 Å². The first kappa shape index (κ1) is 16.7. The molecule has 1 aromatic rings. The third-order valence-electron chi connectivity index (χ3n) is 4.12. The highest BCUT2D eigenvalue weighted by Crippen LogP contribution is 2.26. The molecule has 21 heavy (non-hydrogen) atoms. The molecule has 0 bridgehead atoms. The number of halogens is 1. The van der Waals surface area contributed by atoms with E-state index < -0.39 is 10.0 Å². The van der Waals surface area contributed by atoms with Crippen LogP contribution in [0.25, 0.3) is 0 Å². The molecule has 1 aromatic carbocycles. The summed E-state index contributed by atoms with van der Waals surface area (Å²) in [6, 6.07) is 4.68. The molecule has 118 valence electrons. The molecule has 1 aliphatic rings. The molecular weight excluding hydrogens is 308 g/mol. The number of nitrogens with one attached hydrogen (secondary N) is 1. The molecule has 0 amide bonds. The van der Waals surface area contributed by atoms with Gasteiger partial charge in [-0.3, -0.25) is 0 Å². The Hall–Kier alpha value is -0.620. The molecule has 0 spiro atoms. The van der Waals surface area contributed by atoms with Gasteiger partial charge in [-0.25, -0.2) is 13.1 Å². The van der Waals surface area contributed by atoms with Gasteiger partial charge in [-0.05, 0) is 30.0 Å². The maximum absolute atomic E-state index is 12.2. The van der Waals surface area contributed by atoms with Crippen molar-refractivity contribution in [1.29, 1.82) is 0 Å². The molecule has 0 saturated heterocycles. The third kappa shape index (κ3) is 4.68. The Kier molecular flexibility index (Phi) is 6.05. The van der Waals surface area contributed by atoms with E-state index in [1.807, 2.05) is 0 Å². The molecule has 2 rings (SSSR count). The van der Waals surface area contributed by atoms with Crippen molar-refractivity contribution < 1.29 is 8.42 Å². The van der Waals surface area contributed by atoms with Gasteiger partial charge in [-0.2, -0.15) is 0 Å². The van der Waals surface area contributed by atoms with Crippen molar-refractivity contribution in [3.05, 3.63) is 28.8 Å². The predicted molar refractivity (Wildman–Crippen MR) is 85.7 cm³/mol. The number of hydrogen-bond donors (Lipinski definition) is 2. The summed E-state index contributed by atoms with van der Waals surface area (Å²) in [4.78, 5) is 0.202. The average Bonchev–Trinajstić information content (AvgIpc) is 2.48. The summed E-state index contributed by atoms with van der Waals surface area (Å²) < 4.78 is 27.1. The Balaban J connectivity index is 1.93. The smallest absolute Gasteiger partial charge is 0.240 e. The first-order chi connectivity index (χ1) is 10.0. The minimum atomic E-state index is -3.48. The van der Waals surface area contributed by atoms with Gasteiger partial charge in [0.2, 0.25) is 10.0 Å². The standard InChI is InChI=1S/C15H23ClN2O2S/c16-15-10-14(7-6-13(15)11-17)21(19,20)18-9-8-12-4-2-1-3-5-12/h6-7,10,12,18H,1-5,8-9,11,17H2. The molecule has 6 heteroatoms. The Labute approximate surface area is 132 Å². The van der Waals surface area contributed by atoms with Gasteiger partial charge in [-0.1, -0.05) is 49.8 Å². The lowest BCUT2D eigenvalue weighted by Crippen LogP contribution is -2.26. The first-order valence-corrected chi connectivity index (χ1v) is 9.37. The molecular formula is C15H23ClN2O2S. The second kappa shape index (κ2) is 7.58. The zero-order valence-corrected chi connectivity index (χ0v) is 13.7. The Morgan fingerprint density at radius 3 is 2.57 bits per heavy atom. The highest BCUT2D eigenvalue weighted by Gasteiger charge is 2.17. The minimum Gasteiger partial charge on any atom is -0.326 e. The molecule has 0 unspecified atom stereocenters. The summed E-state index contributed by atoms with van der Waals surface area (Å²) in [7, 11) is -3.48. The largest absolute Gasteiger partial charge is 0.326 e. The van der Waals surface area contributed by atoms with Crippen LogP contribution in [0.15, 0.2) is 23.1 Å². The number of hydrogen-bond acceptors (Lipinski definition) is 3. The lowest BCUT2D eigenvalue weighted by Gasteiger charge is -2.21. The van der Waals surface area contributed by atoms with E-state index in [0.29, 0.717) is 24.0 Å². The maximum Gasteiger partial charge on any atom is 0.240 e. The van der Waals surface area contributed by atoms with E-state index in [2.05, 4.69) is 4.72 Å². The lowest BCUT2D eigenvalue weighted by atomic mass is 9.87. The maximum atomic E-state index is 12.2. The quantitative estimate of drug-likeness (QED) is 0.842. The van der Waals surface area contributed by atoms with Crippen molar-refractivity contribution in [1.82, 2.24) is 4.72 Å². The summed E-state index contributed by atoms with van der Waals surface area (Å²) in [5, 5.41) is 0.396. The van der Waals surface area contributed by atoms with Crippen LogP contribution in [0.2, 0.25) is 5.02 Å². The molecule has 0 radical (unpaired) electrons. The molecule has 0 aromatic heterocycles. The Morgan fingerprint density at radius 2 is 1.95 bits per heavy atom. The van der Waals surface area contributed by atoms with Crippen molar-refractivity contribution in [2.24, 2.45) is 11.7 Å². The monoisotopic (exact) mass is 330 g/mol. The number of rotatable bonds is 6. The highest BCUT2D eigenvalue weighted by molar-refractivity contribution is 7.89. The van der Waals surface area contributed by atoms with Crippen LogP contribution in [-0.4, -0.2) is 15.0 Å². The fraction of sp³-hybridized carbons (Fsp3) is 0.600. The molecule has 0 aliphatic heterocycles. The van der Waals surface area contributed by atoms with Crippen LogP contribution < -0.4 is 10.5 Å². The Morgan fingerprint density at radius 1 is 1.24 bits per heavy atom. The lowest BCUT2D eigenvalue weighted by molar-refractivity contribution is 0.339. The van der Waals surface area contributed by atoms with E-state index in [4.69, 9.17) is 17.3 Å². The molecule has 4 nitrogen and oxygen atoms in total. The first-order valence-electron chi connectivity index (χ1n) is 7.51. The second-order valence-corrected chi connectivity index (χ2v) is 7.82. The van der Waals surface area contributed by atoms with Gasteiger partial charge in [0.1, 0.15) is 0 Å². The Bertz CT molecular complexity index is 569. The SMILES string of the molecule is NCc1ccc(S(=O)(=O)NCCC2CCCCC2)cc1Cl. The average molecular weight is 331 g/mol. The van der Waals surface area contributed by atoms with Crippen LogP contribution in [0.3, 0.4) is 0 Å². The topological polar surface area (TPSA) is 72.2 Å². The molecule has 3 N–H and O–H groups in total. The van der Waals surface area contributed by atoms with E-state index >= 15 is 0 Å². The van der Waals surface area contributed by atoms with Crippen LogP contribution in [0, 0.1) is 5.92 Å². The molecule has 1 aliphatic carbocycles. The van der Waals surface area contributed by atoms with Gasteiger partial charge in [0.05, 0.1) is 4.90 Å². The van der Waals surface area contributed by atoms with Crippen LogP contribution in [-0.2, 0) is 16.6 Å². The number of sulfonamides is 1. The molecule has 0 atom stereocenters. The van der Waals surface area contributed by atoms with E-state index in [1.54, 1.807) is 12.1 Å². The zero-order chi connectivity index (χ0) is 15.3.